The molecule has 0 aliphatic heterocycles. The molecule has 0 saturated heterocycles. The molecule has 2 fully saturated rings. The summed E-state index contributed by atoms with van der Waals surface area (Å²) in [7, 11) is 1.60. The van der Waals surface area contributed by atoms with Crippen molar-refractivity contribution in [3.8, 4) is 0 Å². The molecule has 0 spiro atoms. The minimum atomic E-state index is -4.14. The molecule has 2 aliphatic rings. The quantitative estimate of drug-likeness (QED) is 0.474. The zero-order valence-corrected chi connectivity index (χ0v) is 14.9. The Kier molecular flexibility index (Phi) is 5.44. The van der Waals surface area contributed by atoms with E-state index in [0.717, 1.165) is 12.8 Å². The van der Waals surface area contributed by atoms with Crippen LogP contribution in [0.15, 0.2) is 29.3 Å². The molecule has 1 aromatic rings. The normalized spacial score (nSPS) is 25.7. The molecule has 0 bridgehead atoms. The Bertz CT molecular complexity index is 652. The standard InChI is InChI=1S/C19H25F4N3/c1-24-17(26-14-6-4-5-13(11-14)19(21,22)23)25-12-18(9-10-18)15-7-2-3-8-16(15)20/h2-3,7-8,13-14H,4-6,9-12H2,1H3,(H2,24,25,26). The number of halogens is 4. The van der Waals surface area contributed by atoms with Gasteiger partial charge in [-0.3, -0.25) is 4.99 Å². The van der Waals surface area contributed by atoms with Gasteiger partial charge < -0.3 is 10.6 Å². The molecule has 144 valence electrons. The number of nitrogens with one attached hydrogen (secondary N) is 2. The lowest BCUT2D eigenvalue weighted by Crippen LogP contribution is -2.48. The van der Waals surface area contributed by atoms with Crippen LogP contribution in [0, 0.1) is 11.7 Å². The summed E-state index contributed by atoms with van der Waals surface area (Å²) in [5.41, 5.74) is 0.446. The lowest BCUT2D eigenvalue weighted by molar-refractivity contribution is -0.183. The Morgan fingerprint density at radius 1 is 1.23 bits per heavy atom. The van der Waals surface area contributed by atoms with Gasteiger partial charge in [0, 0.05) is 25.0 Å². The van der Waals surface area contributed by atoms with Crippen LogP contribution in [0.1, 0.15) is 44.1 Å². The molecule has 2 saturated carbocycles. The van der Waals surface area contributed by atoms with E-state index in [2.05, 4.69) is 15.6 Å². The summed E-state index contributed by atoms with van der Waals surface area (Å²) in [5, 5.41) is 6.31. The number of aliphatic imine (C=N–C) groups is 1. The molecule has 2 atom stereocenters. The minimum Gasteiger partial charge on any atom is -0.356 e. The molecule has 3 nitrogen and oxygen atoms in total. The highest BCUT2D eigenvalue weighted by Crippen LogP contribution is 2.48. The van der Waals surface area contributed by atoms with Gasteiger partial charge in [0.05, 0.1) is 5.92 Å². The van der Waals surface area contributed by atoms with Crippen molar-refractivity contribution in [1.29, 1.82) is 0 Å². The van der Waals surface area contributed by atoms with Crippen molar-refractivity contribution in [2.75, 3.05) is 13.6 Å². The number of nitrogens with zero attached hydrogens (tertiary/aromatic N) is 1. The van der Waals surface area contributed by atoms with Gasteiger partial charge in [0.15, 0.2) is 5.96 Å². The molecule has 2 aliphatic carbocycles. The molecular weight excluding hydrogens is 346 g/mol. The molecule has 26 heavy (non-hydrogen) atoms. The van der Waals surface area contributed by atoms with Crippen molar-refractivity contribution in [3.05, 3.63) is 35.6 Å². The zero-order chi connectivity index (χ0) is 18.8. The van der Waals surface area contributed by atoms with Crippen LogP contribution in [-0.4, -0.2) is 31.8 Å². The Hall–Kier alpha value is -1.79. The highest BCUT2D eigenvalue weighted by atomic mass is 19.4. The van der Waals surface area contributed by atoms with Crippen LogP contribution >= 0.6 is 0 Å². The first kappa shape index (κ1) is 19.0. The maximum atomic E-state index is 14.1. The maximum Gasteiger partial charge on any atom is 0.391 e. The van der Waals surface area contributed by atoms with E-state index < -0.39 is 12.1 Å². The SMILES string of the molecule is CN=C(NCC1(c2ccccc2F)CC1)NC1CCCC(C(F)(F)F)C1. The third-order valence-corrected chi connectivity index (χ3v) is 5.59. The van der Waals surface area contributed by atoms with Crippen LogP contribution in [0.3, 0.4) is 0 Å². The van der Waals surface area contributed by atoms with Crippen LogP contribution in [0.4, 0.5) is 17.6 Å². The average molecular weight is 371 g/mol. The number of benzene rings is 1. The second kappa shape index (κ2) is 7.45. The summed E-state index contributed by atoms with van der Waals surface area (Å²) in [6.45, 7) is 0.517. The minimum absolute atomic E-state index is 0.0721. The predicted molar refractivity (Wildman–Crippen MR) is 93.6 cm³/mol. The van der Waals surface area contributed by atoms with Crippen LogP contribution < -0.4 is 10.6 Å². The Labute approximate surface area is 151 Å². The van der Waals surface area contributed by atoms with E-state index in [1.165, 1.54) is 6.07 Å². The van der Waals surface area contributed by atoms with Gasteiger partial charge in [0.2, 0.25) is 0 Å². The van der Waals surface area contributed by atoms with E-state index in [4.69, 9.17) is 0 Å². The summed E-state index contributed by atoms with van der Waals surface area (Å²) < 4.78 is 53.0. The van der Waals surface area contributed by atoms with Gasteiger partial charge in [-0.2, -0.15) is 13.2 Å². The topological polar surface area (TPSA) is 36.4 Å². The van der Waals surface area contributed by atoms with Crippen molar-refractivity contribution in [1.82, 2.24) is 10.6 Å². The van der Waals surface area contributed by atoms with E-state index in [1.54, 1.807) is 19.2 Å². The lowest BCUT2D eigenvalue weighted by atomic mass is 9.85. The van der Waals surface area contributed by atoms with Crippen molar-refractivity contribution in [2.45, 2.75) is 56.2 Å². The monoisotopic (exact) mass is 371 g/mol. The van der Waals surface area contributed by atoms with E-state index in [9.17, 15) is 17.6 Å². The average Bonchev–Trinajstić information content (AvgIpc) is 3.39. The first-order valence-corrected chi connectivity index (χ1v) is 9.13. The molecule has 2 N–H and O–H groups in total. The van der Waals surface area contributed by atoms with Crippen LogP contribution in [0.2, 0.25) is 0 Å². The smallest absolute Gasteiger partial charge is 0.356 e. The summed E-state index contributed by atoms with van der Waals surface area (Å²) >= 11 is 0. The van der Waals surface area contributed by atoms with E-state index in [-0.39, 0.29) is 30.1 Å². The third-order valence-electron chi connectivity index (χ3n) is 5.59. The van der Waals surface area contributed by atoms with Gasteiger partial charge in [-0.25, -0.2) is 4.39 Å². The molecule has 0 aromatic heterocycles. The molecule has 0 heterocycles. The summed E-state index contributed by atoms with van der Waals surface area (Å²) in [6.07, 6.45) is -0.842. The van der Waals surface area contributed by atoms with E-state index in [0.29, 0.717) is 30.9 Å². The summed E-state index contributed by atoms with van der Waals surface area (Å²) in [5.74, 6) is -0.976. The van der Waals surface area contributed by atoms with Crippen molar-refractivity contribution >= 4 is 5.96 Å². The molecule has 0 radical (unpaired) electrons. The maximum absolute atomic E-state index is 14.1. The fourth-order valence-electron chi connectivity index (χ4n) is 3.84. The third kappa shape index (κ3) is 4.30. The highest BCUT2D eigenvalue weighted by molar-refractivity contribution is 5.80. The van der Waals surface area contributed by atoms with E-state index >= 15 is 0 Å². The van der Waals surface area contributed by atoms with Gasteiger partial charge in [0.25, 0.3) is 0 Å². The summed E-state index contributed by atoms with van der Waals surface area (Å²) in [4.78, 5) is 4.14. The number of hydrogen-bond acceptors (Lipinski definition) is 1. The van der Waals surface area contributed by atoms with E-state index in [1.807, 2.05) is 6.07 Å². The Balaban J connectivity index is 1.57. The Morgan fingerprint density at radius 3 is 2.58 bits per heavy atom. The van der Waals surface area contributed by atoms with Gasteiger partial charge >= 0.3 is 6.18 Å². The molecule has 0 amide bonds. The second-order valence-corrected chi connectivity index (χ2v) is 7.43. The molecular formula is C19H25F4N3. The molecule has 7 heteroatoms. The van der Waals surface area contributed by atoms with Crippen LogP contribution in [0.25, 0.3) is 0 Å². The van der Waals surface area contributed by atoms with Crippen molar-refractivity contribution < 1.29 is 17.6 Å². The predicted octanol–water partition coefficient (Wildman–Crippen LogP) is 4.14. The largest absolute Gasteiger partial charge is 0.391 e. The van der Waals surface area contributed by atoms with Gasteiger partial charge in [-0.15, -0.1) is 0 Å². The van der Waals surface area contributed by atoms with Crippen LogP contribution in [0.5, 0.6) is 0 Å². The lowest BCUT2D eigenvalue weighted by Gasteiger charge is -2.32. The number of rotatable bonds is 4. The number of guanidine groups is 1. The summed E-state index contributed by atoms with van der Waals surface area (Å²) in [6, 6.07) is 6.51. The highest BCUT2D eigenvalue weighted by Gasteiger charge is 2.46. The van der Waals surface area contributed by atoms with Gasteiger partial charge in [-0.1, -0.05) is 24.6 Å². The number of alkyl halides is 3. The molecule has 2 unspecified atom stereocenters. The fraction of sp³-hybridized carbons (Fsp3) is 0.632. The van der Waals surface area contributed by atoms with Gasteiger partial charge in [-0.05, 0) is 43.7 Å². The molecule has 1 aromatic carbocycles. The fourth-order valence-corrected chi connectivity index (χ4v) is 3.84. The van der Waals surface area contributed by atoms with Gasteiger partial charge in [0.1, 0.15) is 5.82 Å². The first-order chi connectivity index (χ1) is 12.3. The van der Waals surface area contributed by atoms with Crippen molar-refractivity contribution in [3.63, 3.8) is 0 Å². The molecule has 3 rings (SSSR count). The Morgan fingerprint density at radius 2 is 1.96 bits per heavy atom. The second-order valence-electron chi connectivity index (χ2n) is 7.43. The zero-order valence-electron chi connectivity index (χ0n) is 14.9. The van der Waals surface area contributed by atoms with Crippen LogP contribution in [-0.2, 0) is 5.41 Å². The van der Waals surface area contributed by atoms with Crippen molar-refractivity contribution in [2.24, 2.45) is 10.9 Å². The number of hydrogen-bond donors (Lipinski definition) is 2. The first-order valence-electron chi connectivity index (χ1n) is 9.13.